The van der Waals surface area contributed by atoms with Crippen molar-refractivity contribution in [2.24, 2.45) is 0 Å². The van der Waals surface area contributed by atoms with Crippen LogP contribution in [-0.4, -0.2) is 29.5 Å². The Morgan fingerprint density at radius 1 is 1.14 bits per heavy atom. The lowest BCUT2D eigenvalue weighted by molar-refractivity contribution is 0.677. The van der Waals surface area contributed by atoms with Gasteiger partial charge in [-0.15, -0.1) is 0 Å². The Morgan fingerprint density at radius 3 is 2.86 bits per heavy atom. The van der Waals surface area contributed by atoms with Gasteiger partial charge in [0, 0.05) is 24.5 Å². The number of fused-ring (bicyclic) bond motifs is 1. The minimum atomic E-state index is 0.722. The molecule has 4 aromatic rings. The fourth-order valence-electron chi connectivity index (χ4n) is 2.66. The largest absolute Gasteiger partial charge is 0.335 e. The number of aryl methyl sites for hydroxylation is 1. The second-order valence-corrected chi connectivity index (χ2v) is 5.14. The van der Waals surface area contributed by atoms with Crippen LogP contribution in [-0.2, 0) is 13.1 Å². The molecule has 1 aromatic carbocycles. The Labute approximate surface area is 127 Å². The Bertz CT molecular complexity index is 900. The second kappa shape index (κ2) is 5.14. The van der Waals surface area contributed by atoms with E-state index in [1.807, 2.05) is 40.0 Å². The summed E-state index contributed by atoms with van der Waals surface area (Å²) in [5.41, 5.74) is 4.13. The fourth-order valence-corrected chi connectivity index (χ4v) is 2.66. The van der Waals surface area contributed by atoms with Gasteiger partial charge >= 0.3 is 0 Å². The molecule has 0 aliphatic heterocycles. The Balaban J connectivity index is 1.78. The molecule has 0 aliphatic carbocycles. The Morgan fingerprint density at radius 2 is 2.05 bits per heavy atom. The van der Waals surface area contributed by atoms with Crippen LogP contribution in [0.4, 0.5) is 0 Å². The molecule has 4 rings (SSSR count). The summed E-state index contributed by atoms with van der Waals surface area (Å²) in [5.74, 6) is 0.873. The van der Waals surface area contributed by atoms with Crippen LogP contribution >= 0.6 is 0 Å². The molecule has 3 heterocycles. The van der Waals surface area contributed by atoms with Crippen molar-refractivity contribution in [2.45, 2.75) is 20.0 Å². The van der Waals surface area contributed by atoms with Crippen molar-refractivity contribution < 1.29 is 0 Å². The smallest absolute Gasteiger partial charge is 0.176 e. The third-order valence-corrected chi connectivity index (χ3v) is 3.75. The van der Waals surface area contributed by atoms with Gasteiger partial charge in [0.1, 0.15) is 11.3 Å². The van der Waals surface area contributed by atoms with Crippen molar-refractivity contribution >= 4 is 11.2 Å². The number of benzene rings is 1. The SMILES string of the molecule is CCn1ncc2[nH]c(-c3ccccc3Cn3cccn3)nc21. The number of nitrogens with zero attached hydrogens (tertiary/aromatic N) is 5. The summed E-state index contributed by atoms with van der Waals surface area (Å²) in [6.45, 7) is 3.59. The van der Waals surface area contributed by atoms with Crippen molar-refractivity contribution in [3.05, 3.63) is 54.5 Å². The van der Waals surface area contributed by atoms with Gasteiger partial charge in [-0.2, -0.15) is 10.2 Å². The molecule has 0 aliphatic rings. The lowest BCUT2D eigenvalue weighted by Crippen LogP contribution is -2.02. The highest BCUT2D eigenvalue weighted by atomic mass is 15.3. The average molecular weight is 292 g/mol. The van der Waals surface area contributed by atoms with Gasteiger partial charge in [-0.25, -0.2) is 9.67 Å². The molecular formula is C16H16N6. The van der Waals surface area contributed by atoms with Gasteiger partial charge in [0.15, 0.2) is 5.65 Å². The predicted molar refractivity (Wildman–Crippen MR) is 84.3 cm³/mol. The van der Waals surface area contributed by atoms with Gasteiger partial charge in [0.2, 0.25) is 0 Å². The van der Waals surface area contributed by atoms with Crippen molar-refractivity contribution in [3.8, 4) is 11.4 Å². The van der Waals surface area contributed by atoms with Gasteiger partial charge in [-0.3, -0.25) is 4.68 Å². The lowest BCUT2D eigenvalue weighted by atomic mass is 10.1. The van der Waals surface area contributed by atoms with Gasteiger partial charge in [0.05, 0.1) is 12.7 Å². The van der Waals surface area contributed by atoms with Crippen LogP contribution in [0.15, 0.2) is 48.9 Å². The third kappa shape index (κ3) is 2.09. The molecule has 0 radical (unpaired) electrons. The Kier molecular flexibility index (Phi) is 3.00. The van der Waals surface area contributed by atoms with E-state index in [9.17, 15) is 0 Å². The molecule has 0 saturated carbocycles. The molecule has 1 N–H and O–H groups in total. The summed E-state index contributed by atoms with van der Waals surface area (Å²) in [6, 6.07) is 10.2. The van der Waals surface area contributed by atoms with E-state index in [1.165, 1.54) is 5.56 Å². The average Bonchev–Trinajstić information content (AvgIpc) is 3.23. The summed E-state index contributed by atoms with van der Waals surface area (Å²) < 4.78 is 3.81. The zero-order valence-corrected chi connectivity index (χ0v) is 12.3. The van der Waals surface area contributed by atoms with Gasteiger partial charge in [-0.05, 0) is 18.6 Å². The van der Waals surface area contributed by atoms with Crippen molar-refractivity contribution in [3.63, 3.8) is 0 Å². The lowest BCUT2D eigenvalue weighted by Gasteiger charge is -2.07. The highest BCUT2D eigenvalue weighted by Crippen LogP contribution is 2.24. The van der Waals surface area contributed by atoms with E-state index in [0.29, 0.717) is 0 Å². The van der Waals surface area contributed by atoms with Crippen molar-refractivity contribution in [1.29, 1.82) is 0 Å². The first-order valence-electron chi connectivity index (χ1n) is 7.32. The van der Waals surface area contributed by atoms with Crippen molar-refractivity contribution in [2.75, 3.05) is 0 Å². The van der Waals surface area contributed by atoms with E-state index >= 15 is 0 Å². The number of hydrogen-bond donors (Lipinski definition) is 1. The van der Waals surface area contributed by atoms with Crippen LogP contribution in [0.5, 0.6) is 0 Å². The predicted octanol–water partition coefficient (Wildman–Crippen LogP) is 2.69. The molecule has 3 aromatic heterocycles. The summed E-state index contributed by atoms with van der Waals surface area (Å²) >= 11 is 0. The van der Waals surface area contributed by atoms with Crippen LogP contribution in [0.25, 0.3) is 22.6 Å². The van der Waals surface area contributed by atoms with Crippen LogP contribution < -0.4 is 0 Å². The van der Waals surface area contributed by atoms with Gasteiger partial charge in [-0.1, -0.05) is 24.3 Å². The normalized spacial score (nSPS) is 11.3. The first-order chi connectivity index (χ1) is 10.8. The number of rotatable bonds is 4. The summed E-state index contributed by atoms with van der Waals surface area (Å²) in [6.07, 6.45) is 5.58. The molecule has 0 saturated heterocycles. The van der Waals surface area contributed by atoms with E-state index < -0.39 is 0 Å². The third-order valence-electron chi connectivity index (χ3n) is 3.75. The summed E-state index contributed by atoms with van der Waals surface area (Å²) in [7, 11) is 0. The van der Waals surface area contributed by atoms with E-state index in [2.05, 4.69) is 34.2 Å². The molecule has 110 valence electrons. The number of nitrogens with one attached hydrogen (secondary N) is 1. The monoisotopic (exact) mass is 292 g/mol. The maximum Gasteiger partial charge on any atom is 0.176 e. The maximum absolute atomic E-state index is 4.72. The maximum atomic E-state index is 4.72. The quantitative estimate of drug-likeness (QED) is 0.629. The first kappa shape index (κ1) is 12.8. The topological polar surface area (TPSA) is 64.3 Å². The molecule has 0 spiro atoms. The van der Waals surface area contributed by atoms with Gasteiger partial charge < -0.3 is 4.98 Å². The van der Waals surface area contributed by atoms with E-state index in [1.54, 1.807) is 6.20 Å². The molecule has 6 heteroatoms. The van der Waals surface area contributed by atoms with Gasteiger partial charge in [0.25, 0.3) is 0 Å². The fraction of sp³-hybridized carbons (Fsp3) is 0.188. The van der Waals surface area contributed by atoms with Crippen LogP contribution in [0.1, 0.15) is 12.5 Å². The number of imidazole rings is 1. The van der Waals surface area contributed by atoms with Crippen molar-refractivity contribution in [1.82, 2.24) is 29.5 Å². The number of H-pyrrole nitrogens is 1. The molecule has 6 nitrogen and oxygen atoms in total. The number of aromatic nitrogens is 6. The van der Waals surface area contributed by atoms with Crippen LogP contribution in [0.3, 0.4) is 0 Å². The molecule has 0 bridgehead atoms. The highest BCUT2D eigenvalue weighted by molar-refractivity contribution is 5.76. The molecule has 0 fully saturated rings. The highest BCUT2D eigenvalue weighted by Gasteiger charge is 2.12. The summed E-state index contributed by atoms with van der Waals surface area (Å²) in [5, 5.41) is 8.58. The zero-order chi connectivity index (χ0) is 14.9. The minimum Gasteiger partial charge on any atom is -0.335 e. The molecule has 0 unspecified atom stereocenters. The summed E-state index contributed by atoms with van der Waals surface area (Å²) in [4.78, 5) is 8.08. The van der Waals surface area contributed by atoms with E-state index in [-0.39, 0.29) is 0 Å². The Hall–Kier alpha value is -2.89. The first-order valence-corrected chi connectivity index (χ1v) is 7.32. The minimum absolute atomic E-state index is 0.722. The zero-order valence-electron chi connectivity index (χ0n) is 12.3. The van der Waals surface area contributed by atoms with Crippen LogP contribution in [0.2, 0.25) is 0 Å². The molecule has 22 heavy (non-hydrogen) atoms. The molecule has 0 amide bonds. The number of aromatic amines is 1. The van der Waals surface area contributed by atoms with E-state index in [0.717, 1.165) is 35.6 Å². The van der Waals surface area contributed by atoms with Crippen LogP contribution in [0, 0.1) is 0 Å². The molecule has 0 atom stereocenters. The van der Waals surface area contributed by atoms with E-state index in [4.69, 9.17) is 4.98 Å². The standard InChI is InChI=1S/C16H16N6/c1-2-22-16-14(10-18-22)19-15(20-16)13-7-4-3-6-12(13)11-21-9-5-8-17-21/h3-10H,2,11H2,1H3,(H,19,20). The second-order valence-electron chi connectivity index (χ2n) is 5.14. The molecular weight excluding hydrogens is 276 g/mol. The number of hydrogen-bond acceptors (Lipinski definition) is 3.